The molecule has 1 unspecified atom stereocenters. The summed E-state index contributed by atoms with van der Waals surface area (Å²) in [6.45, 7) is 0.568. The molecule has 2 N–H and O–H groups in total. The van der Waals surface area contributed by atoms with Gasteiger partial charge in [0, 0.05) is 13.0 Å². The Labute approximate surface area is 208 Å². The lowest BCUT2D eigenvalue weighted by Crippen LogP contribution is -2.59. The van der Waals surface area contributed by atoms with Crippen molar-refractivity contribution in [1.82, 2.24) is 10.2 Å². The summed E-state index contributed by atoms with van der Waals surface area (Å²) in [6, 6.07) is 13.1. The highest BCUT2D eigenvalue weighted by Gasteiger charge is 2.53. The Morgan fingerprint density at radius 3 is 2.63 bits per heavy atom. The normalized spacial score (nSPS) is 28.0. The van der Waals surface area contributed by atoms with Crippen molar-refractivity contribution in [3.8, 4) is 0 Å². The summed E-state index contributed by atoms with van der Waals surface area (Å²) in [5.74, 6) is -0.591. The van der Waals surface area contributed by atoms with E-state index < -0.39 is 30.4 Å². The zero-order valence-electron chi connectivity index (χ0n) is 19.9. The lowest BCUT2D eigenvalue weighted by molar-refractivity contribution is -0.233. The Kier molecular flexibility index (Phi) is 8.88. The second-order valence-electron chi connectivity index (χ2n) is 9.00. The van der Waals surface area contributed by atoms with Gasteiger partial charge >= 0.3 is 5.97 Å². The van der Waals surface area contributed by atoms with Gasteiger partial charge in [0.05, 0.1) is 32.0 Å². The second kappa shape index (κ2) is 12.1. The van der Waals surface area contributed by atoms with Crippen LogP contribution in [0.4, 0.5) is 0 Å². The first kappa shape index (κ1) is 25.7. The van der Waals surface area contributed by atoms with Crippen LogP contribution in [0.5, 0.6) is 0 Å². The fourth-order valence-corrected chi connectivity index (χ4v) is 5.01. The molecule has 35 heavy (non-hydrogen) atoms. The zero-order chi connectivity index (χ0) is 24.8. The van der Waals surface area contributed by atoms with E-state index in [-0.39, 0.29) is 37.9 Å². The Hall–Kier alpha value is -2.34. The van der Waals surface area contributed by atoms with Crippen LogP contribution >= 0.6 is 11.3 Å². The number of nitrogens with zero attached hydrogens (tertiary/aromatic N) is 1. The molecule has 0 aliphatic carbocycles. The number of ether oxygens (including phenoxy) is 4. The largest absolute Gasteiger partial charge is 0.452 e. The fourth-order valence-electron chi connectivity index (χ4n) is 4.41. The minimum atomic E-state index is -0.860. The summed E-state index contributed by atoms with van der Waals surface area (Å²) < 4.78 is 24.5. The molecule has 6 atom stereocenters. The summed E-state index contributed by atoms with van der Waals surface area (Å²) in [5, 5.41) is 14.8. The van der Waals surface area contributed by atoms with Crippen molar-refractivity contribution in [2.45, 2.75) is 49.7 Å². The van der Waals surface area contributed by atoms with Crippen molar-refractivity contribution >= 4 is 23.2 Å². The highest BCUT2D eigenvalue weighted by atomic mass is 32.1. The van der Waals surface area contributed by atoms with E-state index in [9.17, 15) is 14.7 Å². The molecule has 1 aromatic heterocycles. The number of hydrogen-bond donors (Lipinski definition) is 2. The number of amides is 1. The van der Waals surface area contributed by atoms with Crippen LogP contribution in [0.25, 0.3) is 0 Å². The lowest BCUT2D eigenvalue weighted by Gasteiger charge is -2.42. The van der Waals surface area contributed by atoms with Crippen LogP contribution in [0.1, 0.15) is 21.7 Å². The first-order chi connectivity index (χ1) is 16.9. The minimum absolute atomic E-state index is 0.0951. The van der Waals surface area contributed by atoms with Crippen LogP contribution in [0.3, 0.4) is 0 Å². The molecule has 10 heteroatoms. The number of hydrogen-bond acceptors (Lipinski definition) is 9. The maximum absolute atomic E-state index is 12.8. The number of esters is 1. The Balaban J connectivity index is 1.49. The highest BCUT2D eigenvalue weighted by Crippen LogP contribution is 2.36. The predicted molar refractivity (Wildman–Crippen MR) is 129 cm³/mol. The van der Waals surface area contributed by atoms with Crippen LogP contribution in [0, 0.1) is 0 Å². The van der Waals surface area contributed by atoms with Crippen molar-refractivity contribution < 1.29 is 33.6 Å². The third-order valence-electron chi connectivity index (χ3n) is 5.99. The quantitative estimate of drug-likeness (QED) is 0.469. The molecule has 2 aliphatic rings. The van der Waals surface area contributed by atoms with Crippen LogP contribution in [0.2, 0.25) is 0 Å². The van der Waals surface area contributed by atoms with Gasteiger partial charge in [0.2, 0.25) is 5.91 Å². The molecule has 0 bridgehead atoms. The van der Waals surface area contributed by atoms with E-state index >= 15 is 0 Å². The molecule has 2 fully saturated rings. The number of carbonyl (C=O) groups excluding carboxylic acids is 2. The molecule has 2 aromatic rings. The van der Waals surface area contributed by atoms with E-state index in [0.717, 1.165) is 5.56 Å². The number of fused-ring (bicyclic) bond motifs is 1. The molecule has 0 saturated carbocycles. The van der Waals surface area contributed by atoms with E-state index in [1.165, 1.54) is 11.3 Å². The van der Waals surface area contributed by atoms with Crippen molar-refractivity contribution in [1.29, 1.82) is 0 Å². The second-order valence-corrected chi connectivity index (χ2v) is 9.95. The third kappa shape index (κ3) is 6.66. The zero-order valence-corrected chi connectivity index (χ0v) is 20.7. The van der Waals surface area contributed by atoms with Gasteiger partial charge in [-0.25, -0.2) is 4.79 Å². The number of nitrogens with one attached hydrogen (secondary N) is 1. The molecule has 1 amide bonds. The molecule has 190 valence electrons. The van der Waals surface area contributed by atoms with Gasteiger partial charge in [0.25, 0.3) is 0 Å². The van der Waals surface area contributed by atoms with E-state index in [0.29, 0.717) is 17.8 Å². The van der Waals surface area contributed by atoms with E-state index in [1.807, 2.05) is 44.4 Å². The van der Waals surface area contributed by atoms with Gasteiger partial charge in [-0.1, -0.05) is 36.4 Å². The lowest BCUT2D eigenvalue weighted by atomic mass is 9.94. The molecular formula is C25H32N2O7S. The average Bonchev–Trinajstić information content (AvgIpc) is 3.52. The first-order valence-corrected chi connectivity index (χ1v) is 12.6. The van der Waals surface area contributed by atoms with Gasteiger partial charge < -0.3 is 34.3 Å². The summed E-state index contributed by atoms with van der Waals surface area (Å²) in [7, 11) is 3.66. The van der Waals surface area contributed by atoms with Crippen molar-refractivity contribution in [3.05, 3.63) is 58.3 Å². The predicted octanol–water partition coefficient (Wildman–Crippen LogP) is 1.45. The van der Waals surface area contributed by atoms with Gasteiger partial charge in [-0.3, -0.25) is 4.79 Å². The van der Waals surface area contributed by atoms with Crippen molar-refractivity contribution in [3.63, 3.8) is 0 Å². The summed E-state index contributed by atoms with van der Waals surface area (Å²) in [5.41, 5.74) is 0.963. The maximum Gasteiger partial charge on any atom is 0.348 e. The SMILES string of the molecule is CN(C)CC(=O)NCC1C[C@H]2O[C@H](CO)[C@@H](OC(=O)c3cccs3)[C@H](OCc3ccccc3)[C@H]2O1. The molecule has 1 aromatic carbocycles. The smallest absolute Gasteiger partial charge is 0.348 e. The monoisotopic (exact) mass is 504 g/mol. The van der Waals surface area contributed by atoms with Crippen molar-refractivity contribution in [2.75, 3.05) is 33.8 Å². The number of aliphatic hydroxyl groups excluding tert-OH is 1. The fraction of sp³-hybridized carbons (Fsp3) is 0.520. The van der Waals surface area contributed by atoms with E-state index in [4.69, 9.17) is 18.9 Å². The van der Waals surface area contributed by atoms with Crippen molar-refractivity contribution in [2.24, 2.45) is 0 Å². The summed E-state index contributed by atoms with van der Waals surface area (Å²) in [6.07, 6.45) is -2.91. The van der Waals surface area contributed by atoms with Crippen LogP contribution in [-0.4, -0.2) is 92.3 Å². The van der Waals surface area contributed by atoms with E-state index in [2.05, 4.69) is 5.32 Å². The molecule has 9 nitrogen and oxygen atoms in total. The number of rotatable bonds is 10. The molecule has 0 radical (unpaired) electrons. The standard InChI is InChI=1S/C25H32N2O7S/c1-27(2)13-21(29)26-12-17-11-18-22(32-17)24(31-15-16-7-4-3-5-8-16)23(19(14-28)33-18)34-25(30)20-9-6-10-35-20/h3-10,17-19,22-24,28H,11-15H2,1-2H3,(H,26,29)/t17?,18-,19-,22+,23-,24-/m1/s1. The molecule has 0 spiro atoms. The number of benzene rings is 1. The summed E-state index contributed by atoms with van der Waals surface area (Å²) in [4.78, 5) is 27.1. The van der Waals surface area contributed by atoms with Gasteiger partial charge in [0.1, 0.15) is 23.2 Å². The summed E-state index contributed by atoms with van der Waals surface area (Å²) >= 11 is 1.28. The molecule has 2 aliphatic heterocycles. The molecule has 4 rings (SSSR count). The van der Waals surface area contributed by atoms with Gasteiger partial charge in [-0.05, 0) is 31.1 Å². The van der Waals surface area contributed by atoms with E-state index in [1.54, 1.807) is 22.4 Å². The molecular weight excluding hydrogens is 472 g/mol. The van der Waals surface area contributed by atoms with Gasteiger partial charge in [0.15, 0.2) is 6.10 Å². The Bertz CT molecular complexity index is 956. The molecule has 2 saturated heterocycles. The third-order valence-corrected chi connectivity index (χ3v) is 6.84. The maximum atomic E-state index is 12.8. The first-order valence-electron chi connectivity index (χ1n) is 11.7. The topological polar surface area (TPSA) is 107 Å². The van der Waals surface area contributed by atoms with Gasteiger partial charge in [-0.15, -0.1) is 11.3 Å². The Morgan fingerprint density at radius 1 is 1.14 bits per heavy atom. The van der Waals surface area contributed by atoms with Crippen LogP contribution in [-0.2, 0) is 30.3 Å². The highest BCUT2D eigenvalue weighted by molar-refractivity contribution is 7.11. The van der Waals surface area contributed by atoms with Crippen LogP contribution < -0.4 is 5.32 Å². The average molecular weight is 505 g/mol. The molecule has 3 heterocycles. The number of likely N-dealkylation sites (N-methyl/N-ethyl adjacent to an activating group) is 1. The van der Waals surface area contributed by atoms with Gasteiger partial charge in [-0.2, -0.15) is 0 Å². The number of thiophene rings is 1. The Morgan fingerprint density at radius 2 is 1.94 bits per heavy atom. The number of aliphatic hydroxyl groups is 1. The number of carbonyl (C=O) groups is 2. The van der Waals surface area contributed by atoms with Crippen LogP contribution in [0.15, 0.2) is 47.8 Å². The minimum Gasteiger partial charge on any atom is -0.452 e.